The van der Waals surface area contributed by atoms with E-state index in [9.17, 15) is 9.90 Å². The predicted octanol–water partition coefficient (Wildman–Crippen LogP) is 2.53. The summed E-state index contributed by atoms with van der Waals surface area (Å²) in [6.45, 7) is 2.46. The Hall–Kier alpha value is -3.03. The predicted molar refractivity (Wildman–Crippen MR) is 115 cm³/mol. The molecule has 0 unspecified atom stereocenters. The zero-order chi connectivity index (χ0) is 20.7. The van der Waals surface area contributed by atoms with Crippen molar-refractivity contribution in [1.29, 1.82) is 0 Å². The first-order valence-corrected chi connectivity index (χ1v) is 10.4. The third kappa shape index (κ3) is 3.20. The van der Waals surface area contributed by atoms with Crippen molar-refractivity contribution in [2.45, 2.75) is 25.5 Å². The van der Waals surface area contributed by atoms with Gasteiger partial charge in [-0.05, 0) is 49.5 Å². The summed E-state index contributed by atoms with van der Waals surface area (Å²) in [5.41, 5.74) is 1.77. The van der Waals surface area contributed by atoms with Crippen molar-refractivity contribution < 1.29 is 5.11 Å². The standard InChI is InChI=1S/C23H25N5O2/c1-26-22(30)18-9-5-6-10-19(18)28-20(24-25-23(26)28)15-27-13-11-17(12-14-27)21(29)16-7-3-2-4-8-16/h2-10,17,21,29H,11-15H2,1H3/t21-/m0/s1. The minimum atomic E-state index is -0.416. The number of aryl methyl sites for hydroxylation is 1. The number of benzene rings is 2. The maximum absolute atomic E-state index is 12.6. The average Bonchev–Trinajstić information content (AvgIpc) is 3.22. The summed E-state index contributed by atoms with van der Waals surface area (Å²) >= 11 is 0. The molecule has 5 rings (SSSR count). The van der Waals surface area contributed by atoms with Gasteiger partial charge in [0.05, 0.1) is 23.6 Å². The molecule has 0 amide bonds. The summed E-state index contributed by atoms with van der Waals surface area (Å²) in [6.07, 6.45) is 1.46. The van der Waals surface area contributed by atoms with Crippen molar-refractivity contribution in [1.82, 2.24) is 24.1 Å². The molecule has 7 heteroatoms. The number of piperidine rings is 1. The highest BCUT2D eigenvalue weighted by Gasteiger charge is 2.27. The molecule has 7 nitrogen and oxygen atoms in total. The van der Waals surface area contributed by atoms with Crippen molar-refractivity contribution in [3.05, 3.63) is 76.3 Å². The van der Waals surface area contributed by atoms with Crippen LogP contribution in [0.15, 0.2) is 59.4 Å². The van der Waals surface area contributed by atoms with Crippen LogP contribution in [-0.4, -0.2) is 42.3 Å². The van der Waals surface area contributed by atoms with Gasteiger partial charge in [0.15, 0.2) is 5.82 Å². The minimum Gasteiger partial charge on any atom is -0.388 e. The fourth-order valence-electron chi connectivity index (χ4n) is 4.54. The van der Waals surface area contributed by atoms with Crippen LogP contribution in [0.3, 0.4) is 0 Å². The summed E-state index contributed by atoms with van der Waals surface area (Å²) in [4.78, 5) is 15.0. The molecule has 2 aromatic heterocycles. The highest BCUT2D eigenvalue weighted by atomic mass is 16.3. The fourth-order valence-corrected chi connectivity index (χ4v) is 4.54. The number of nitrogens with zero attached hydrogens (tertiary/aromatic N) is 5. The maximum Gasteiger partial charge on any atom is 0.262 e. The number of para-hydroxylation sites is 1. The van der Waals surface area contributed by atoms with E-state index >= 15 is 0 Å². The molecule has 30 heavy (non-hydrogen) atoms. The normalized spacial score (nSPS) is 17.0. The third-order valence-electron chi connectivity index (χ3n) is 6.28. The van der Waals surface area contributed by atoms with Gasteiger partial charge >= 0.3 is 0 Å². The van der Waals surface area contributed by atoms with E-state index in [2.05, 4.69) is 15.1 Å². The zero-order valence-corrected chi connectivity index (χ0v) is 17.0. The van der Waals surface area contributed by atoms with E-state index in [0.717, 1.165) is 42.8 Å². The van der Waals surface area contributed by atoms with Crippen molar-refractivity contribution in [3.63, 3.8) is 0 Å². The number of hydrogen-bond donors (Lipinski definition) is 1. The van der Waals surface area contributed by atoms with Gasteiger partial charge in [0.1, 0.15) is 0 Å². The monoisotopic (exact) mass is 403 g/mol. The molecule has 3 heterocycles. The summed E-state index contributed by atoms with van der Waals surface area (Å²) in [5, 5.41) is 20.1. The van der Waals surface area contributed by atoms with Crippen LogP contribution < -0.4 is 5.56 Å². The third-order valence-corrected chi connectivity index (χ3v) is 6.28. The van der Waals surface area contributed by atoms with Gasteiger partial charge in [-0.3, -0.25) is 18.7 Å². The molecule has 1 aliphatic rings. The number of likely N-dealkylation sites (tertiary alicyclic amines) is 1. The topological polar surface area (TPSA) is 75.7 Å². The van der Waals surface area contributed by atoms with Gasteiger partial charge in [0.25, 0.3) is 5.56 Å². The smallest absolute Gasteiger partial charge is 0.262 e. The Bertz CT molecular complexity index is 1240. The number of hydrogen-bond acceptors (Lipinski definition) is 5. The van der Waals surface area contributed by atoms with E-state index in [1.54, 1.807) is 11.6 Å². The SMILES string of the molecule is Cn1c(=O)c2ccccc2n2c(CN3CCC([C@@H](O)c4ccccc4)CC3)nnc12. The quantitative estimate of drug-likeness (QED) is 0.567. The molecule has 1 atom stereocenters. The summed E-state index contributed by atoms with van der Waals surface area (Å²) in [5.74, 6) is 1.65. The molecule has 4 aromatic rings. The van der Waals surface area contributed by atoms with Crippen LogP contribution in [-0.2, 0) is 13.6 Å². The van der Waals surface area contributed by atoms with Gasteiger partial charge < -0.3 is 5.11 Å². The molecule has 154 valence electrons. The Kier molecular flexibility index (Phi) is 4.84. The second-order valence-electron chi connectivity index (χ2n) is 8.10. The summed E-state index contributed by atoms with van der Waals surface area (Å²) < 4.78 is 3.54. The van der Waals surface area contributed by atoms with Gasteiger partial charge in [-0.2, -0.15) is 0 Å². The number of aliphatic hydroxyl groups excluding tert-OH is 1. The lowest BCUT2D eigenvalue weighted by atomic mass is 9.87. The van der Waals surface area contributed by atoms with Gasteiger partial charge in [-0.25, -0.2) is 0 Å². The second-order valence-corrected chi connectivity index (χ2v) is 8.10. The van der Waals surface area contributed by atoms with E-state index in [0.29, 0.717) is 17.7 Å². The van der Waals surface area contributed by atoms with E-state index in [1.807, 2.05) is 59.0 Å². The molecular formula is C23H25N5O2. The van der Waals surface area contributed by atoms with Crippen LogP contribution >= 0.6 is 0 Å². The molecule has 0 aliphatic carbocycles. The fraction of sp³-hybridized carbons (Fsp3) is 0.348. The largest absolute Gasteiger partial charge is 0.388 e. The molecule has 1 N–H and O–H groups in total. The first-order valence-electron chi connectivity index (χ1n) is 10.4. The maximum atomic E-state index is 12.6. The van der Waals surface area contributed by atoms with Crippen LogP contribution in [0.5, 0.6) is 0 Å². The Morgan fingerprint density at radius 3 is 2.50 bits per heavy atom. The van der Waals surface area contributed by atoms with Crippen molar-refractivity contribution >= 4 is 16.7 Å². The number of aromatic nitrogens is 4. The zero-order valence-electron chi connectivity index (χ0n) is 17.0. The van der Waals surface area contributed by atoms with Crippen molar-refractivity contribution in [2.75, 3.05) is 13.1 Å². The summed E-state index contributed by atoms with van der Waals surface area (Å²) in [7, 11) is 1.74. The van der Waals surface area contributed by atoms with E-state index < -0.39 is 6.10 Å². The van der Waals surface area contributed by atoms with Crippen LogP contribution in [0.2, 0.25) is 0 Å². The Balaban J connectivity index is 1.37. The molecule has 2 aromatic carbocycles. The number of aliphatic hydroxyl groups is 1. The lowest BCUT2D eigenvalue weighted by molar-refractivity contribution is 0.0560. The molecule has 1 fully saturated rings. The molecular weight excluding hydrogens is 378 g/mol. The molecule has 0 bridgehead atoms. The van der Waals surface area contributed by atoms with Crippen LogP contribution in [0.25, 0.3) is 16.7 Å². The molecule has 1 saturated heterocycles. The van der Waals surface area contributed by atoms with Crippen molar-refractivity contribution in [3.8, 4) is 0 Å². The minimum absolute atomic E-state index is 0.0623. The van der Waals surface area contributed by atoms with E-state index in [1.165, 1.54) is 0 Å². The van der Waals surface area contributed by atoms with Gasteiger partial charge in [0.2, 0.25) is 5.78 Å². The highest BCUT2D eigenvalue weighted by Crippen LogP contribution is 2.31. The lowest BCUT2D eigenvalue weighted by Gasteiger charge is -2.34. The Morgan fingerprint density at radius 2 is 1.73 bits per heavy atom. The van der Waals surface area contributed by atoms with Gasteiger partial charge in [-0.1, -0.05) is 42.5 Å². The van der Waals surface area contributed by atoms with Gasteiger partial charge in [-0.15, -0.1) is 10.2 Å². The highest BCUT2D eigenvalue weighted by molar-refractivity contribution is 5.80. The molecule has 0 saturated carbocycles. The van der Waals surface area contributed by atoms with Crippen LogP contribution in [0.1, 0.15) is 30.3 Å². The van der Waals surface area contributed by atoms with E-state index in [4.69, 9.17) is 0 Å². The Morgan fingerprint density at radius 1 is 1.03 bits per heavy atom. The molecule has 0 radical (unpaired) electrons. The first-order chi connectivity index (χ1) is 14.6. The number of fused-ring (bicyclic) bond motifs is 3. The van der Waals surface area contributed by atoms with Crippen molar-refractivity contribution in [2.24, 2.45) is 13.0 Å². The number of rotatable bonds is 4. The summed E-state index contributed by atoms with van der Waals surface area (Å²) in [6, 6.07) is 17.5. The lowest BCUT2D eigenvalue weighted by Crippen LogP contribution is -2.35. The van der Waals surface area contributed by atoms with Gasteiger partial charge in [0, 0.05) is 7.05 Å². The van der Waals surface area contributed by atoms with Crippen LogP contribution in [0.4, 0.5) is 0 Å². The average molecular weight is 403 g/mol. The Labute approximate surface area is 174 Å². The van der Waals surface area contributed by atoms with Crippen LogP contribution in [0, 0.1) is 5.92 Å². The first kappa shape index (κ1) is 19.0. The van der Waals surface area contributed by atoms with E-state index in [-0.39, 0.29) is 11.5 Å². The molecule has 1 aliphatic heterocycles. The second kappa shape index (κ2) is 7.66. The molecule has 0 spiro atoms.